The van der Waals surface area contributed by atoms with E-state index in [2.05, 4.69) is 33.5 Å². The molecule has 3 rings (SSSR count). The minimum atomic E-state index is 0.792. The summed E-state index contributed by atoms with van der Waals surface area (Å²) >= 11 is 2.08. The first-order valence-corrected chi connectivity index (χ1v) is 7.47. The maximum atomic E-state index is 4.40. The van der Waals surface area contributed by atoms with Gasteiger partial charge in [-0.1, -0.05) is 6.92 Å². The third kappa shape index (κ3) is 1.99. The van der Waals surface area contributed by atoms with E-state index in [-0.39, 0.29) is 0 Å². The number of aryl methyl sites for hydroxylation is 1. The molecule has 0 aliphatic carbocycles. The van der Waals surface area contributed by atoms with Gasteiger partial charge in [-0.05, 0) is 36.2 Å². The molecule has 0 radical (unpaired) electrons. The minimum Gasteiger partial charge on any atom is -0.315 e. The van der Waals surface area contributed by atoms with Gasteiger partial charge in [-0.15, -0.1) is 10.2 Å². The van der Waals surface area contributed by atoms with E-state index >= 15 is 0 Å². The quantitative estimate of drug-likeness (QED) is 0.789. The van der Waals surface area contributed by atoms with Crippen LogP contribution >= 0.6 is 11.8 Å². The molecule has 2 atom stereocenters. The molecule has 0 saturated carbocycles. The van der Waals surface area contributed by atoms with Crippen LogP contribution in [0.15, 0.2) is 0 Å². The van der Waals surface area contributed by atoms with Crippen molar-refractivity contribution in [1.29, 1.82) is 0 Å². The van der Waals surface area contributed by atoms with E-state index in [1.165, 1.54) is 36.0 Å². The van der Waals surface area contributed by atoms with Crippen LogP contribution in [0.5, 0.6) is 0 Å². The predicted octanol–water partition coefficient (Wildman–Crippen LogP) is 2.16. The second kappa shape index (κ2) is 4.40. The highest BCUT2D eigenvalue weighted by molar-refractivity contribution is 7.99. The van der Waals surface area contributed by atoms with Crippen LogP contribution in [0.1, 0.15) is 31.4 Å². The number of rotatable bonds is 2. The van der Waals surface area contributed by atoms with Crippen molar-refractivity contribution in [1.82, 2.24) is 14.8 Å². The molecule has 0 N–H and O–H groups in total. The molecule has 1 saturated heterocycles. The normalized spacial score (nSPS) is 29.3. The summed E-state index contributed by atoms with van der Waals surface area (Å²) in [6.45, 7) is 3.47. The van der Waals surface area contributed by atoms with Gasteiger partial charge in [0.1, 0.15) is 11.6 Å². The first-order chi connectivity index (χ1) is 7.83. The Morgan fingerprint density at radius 1 is 1.38 bits per heavy atom. The van der Waals surface area contributed by atoms with Crippen molar-refractivity contribution in [3.8, 4) is 0 Å². The largest absolute Gasteiger partial charge is 0.315 e. The highest BCUT2D eigenvalue weighted by Gasteiger charge is 2.23. The second-order valence-corrected chi connectivity index (χ2v) is 6.37. The summed E-state index contributed by atoms with van der Waals surface area (Å²) < 4.78 is 2.39. The van der Waals surface area contributed by atoms with Crippen LogP contribution in [0.3, 0.4) is 0 Å². The molecular weight excluding hydrogens is 218 g/mol. The van der Waals surface area contributed by atoms with Gasteiger partial charge in [-0.3, -0.25) is 0 Å². The zero-order valence-corrected chi connectivity index (χ0v) is 10.7. The molecule has 3 nitrogen and oxygen atoms in total. The van der Waals surface area contributed by atoms with Crippen molar-refractivity contribution in [3.05, 3.63) is 11.6 Å². The van der Waals surface area contributed by atoms with E-state index in [0.717, 1.165) is 31.2 Å². The molecule has 2 aliphatic heterocycles. The zero-order chi connectivity index (χ0) is 11.0. The van der Waals surface area contributed by atoms with Crippen LogP contribution in [0.4, 0.5) is 0 Å². The Morgan fingerprint density at radius 3 is 3.12 bits per heavy atom. The van der Waals surface area contributed by atoms with Gasteiger partial charge in [0.25, 0.3) is 0 Å². The van der Waals surface area contributed by atoms with Gasteiger partial charge < -0.3 is 4.57 Å². The lowest BCUT2D eigenvalue weighted by atomic mass is 10.0. The molecule has 2 aliphatic rings. The molecule has 0 spiro atoms. The first-order valence-electron chi connectivity index (χ1n) is 6.31. The maximum Gasteiger partial charge on any atom is 0.133 e. The molecule has 88 valence electrons. The van der Waals surface area contributed by atoms with Crippen molar-refractivity contribution in [2.24, 2.45) is 11.8 Å². The molecule has 3 heterocycles. The highest BCUT2D eigenvalue weighted by atomic mass is 32.2. The maximum absolute atomic E-state index is 4.40. The predicted molar refractivity (Wildman–Crippen MR) is 66.6 cm³/mol. The van der Waals surface area contributed by atoms with Gasteiger partial charge in [0.05, 0.1) is 0 Å². The van der Waals surface area contributed by atoms with E-state index in [1.54, 1.807) is 0 Å². The van der Waals surface area contributed by atoms with Gasteiger partial charge in [-0.2, -0.15) is 11.8 Å². The van der Waals surface area contributed by atoms with Crippen LogP contribution in [0, 0.1) is 11.8 Å². The standard InChI is InChI=1S/C12H19N3S/c1-9-2-3-11-13-14-12(15(11)7-9)6-10-4-5-16-8-10/h9-10H,2-8H2,1H3. The SMILES string of the molecule is CC1CCc2nnc(CC3CCSC3)n2C1. The van der Waals surface area contributed by atoms with E-state index in [4.69, 9.17) is 0 Å². The van der Waals surface area contributed by atoms with Crippen molar-refractivity contribution in [2.75, 3.05) is 11.5 Å². The van der Waals surface area contributed by atoms with Gasteiger partial charge in [0.15, 0.2) is 0 Å². The Balaban J connectivity index is 1.77. The number of thioether (sulfide) groups is 1. The number of nitrogens with zero attached hydrogens (tertiary/aromatic N) is 3. The van der Waals surface area contributed by atoms with Crippen molar-refractivity contribution < 1.29 is 0 Å². The summed E-state index contributed by atoms with van der Waals surface area (Å²) in [4.78, 5) is 0. The molecule has 0 aromatic carbocycles. The summed E-state index contributed by atoms with van der Waals surface area (Å²) in [6.07, 6.45) is 4.90. The molecule has 0 bridgehead atoms. The van der Waals surface area contributed by atoms with Crippen LogP contribution in [-0.2, 0) is 19.4 Å². The molecule has 1 aromatic heterocycles. The summed E-state index contributed by atoms with van der Waals surface area (Å²) in [7, 11) is 0. The Kier molecular flexibility index (Phi) is 2.92. The molecule has 1 aromatic rings. The topological polar surface area (TPSA) is 30.7 Å². The van der Waals surface area contributed by atoms with Gasteiger partial charge in [0.2, 0.25) is 0 Å². The Morgan fingerprint density at radius 2 is 2.31 bits per heavy atom. The lowest BCUT2D eigenvalue weighted by molar-refractivity contribution is 0.381. The number of aromatic nitrogens is 3. The lowest BCUT2D eigenvalue weighted by Crippen LogP contribution is -2.21. The van der Waals surface area contributed by atoms with Crippen LogP contribution in [-0.4, -0.2) is 26.3 Å². The summed E-state index contributed by atoms with van der Waals surface area (Å²) in [5, 5.41) is 8.74. The smallest absolute Gasteiger partial charge is 0.133 e. The first kappa shape index (κ1) is 10.6. The van der Waals surface area contributed by atoms with Gasteiger partial charge in [-0.25, -0.2) is 0 Å². The van der Waals surface area contributed by atoms with E-state index in [9.17, 15) is 0 Å². The third-order valence-corrected chi connectivity index (χ3v) is 4.99. The number of fused-ring (bicyclic) bond motifs is 1. The van der Waals surface area contributed by atoms with Gasteiger partial charge >= 0.3 is 0 Å². The monoisotopic (exact) mass is 237 g/mol. The number of hydrogen-bond acceptors (Lipinski definition) is 3. The second-order valence-electron chi connectivity index (χ2n) is 5.22. The molecule has 1 fully saturated rings. The summed E-state index contributed by atoms with van der Waals surface area (Å²) in [6, 6.07) is 0. The van der Waals surface area contributed by atoms with E-state index in [0.29, 0.717) is 0 Å². The molecule has 4 heteroatoms. The van der Waals surface area contributed by atoms with Crippen LogP contribution in [0.25, 0.3) is 0 Å². The van der Waals surface area contributed by atoms with Gasteiger partial charge in [0, 0.05) is 19.4 Å². The lowest BCUT2D eigenvalue weighted by Gasteiger charge is -2.21. The van der Waals surface area contributed by atoms with Crippen molar-refractivity contribution in [3.63, 3.8) is 0 Å². The summed E-state index contributed by atoms with van der Waals surface area (Å²) in [5.41, 5.74) is 0. The Bertz CT molecular complexity index is 368. The molecule has 0 amide bonds. The van der Waals surface area contributed by atoms with Crippen molar-refractivity contribution >= 4 is 11.8 Å². The van der Waals surface area contributed by atoms with E-state index in [1.807, 2.05) is 0 Å². The summed E-state index contributed by atoms with van der Waals surface area (Å²) in [5.74, 6) is 6.75. The minimum absolute atomic E-state index is 0.792. The molecule has 2 unspecified atom stereocenters. The fraction of sp³-hybridized carbons (Fsp3) is 0.833. The molecular formula is C12H19N3S. The zero-order valence-electron chi connectivity index (χ0n) is 9.85. The number of hydrogen-bond donors (Lipinski definition) is 0. The highest BCUT2D eigenvalue weighted by Crippen LogP contribution is 2.27. The molecule has 16 heavy (non-hydrogen) atoms. The average Bonchev–Trinajstić information content (AvgIpc) is 2.90. The van der Waals surface area contributed by atoms with E-state index < -0.39 is 0 Å². The fourth-order valence-corrected chi connectivity index (χ4v) is 3.98. The van der Waals surface area contributed by atoms with Crippen LogP contribution in [0.2, 0.25) is 0 Å². The Labute approximate surface area is 101 Å². The fourth-order valence-electron chi connectivity index (χ4n) is 2.70. The Hall–Kier alpha value is -0.510. The van der Waals surface area contributed by atoms with Crippen LogP contribution < -0.4 is 0 Å². The third-order valence-electron chi connectivity index (χ3n) is 3.75. The van der Waals surface area contributed by atoms with Crippen molar-refractivity contribution in [2.45, 2.75) is 39.2 Å². The average molecular weight is 237 g/mol.